The molecule has 0 aliphatic carbocycles. The number of rotatable bonds is 4. The van der Waals surface area contributed by atoms with Crippen molar-refractivity contribution in [3.8, 4) is 5.75 Å². The number of aromatic nitrogens is 2. The van der Waals surface area contributed by atoms with Gasteiger partial charge < -0.3 is 20.2 Å². The maximum absolute atomic E-state index is 13.1. The summed E-state index contributed by atoms with van der Waals surface area (Å²) in [7, 11) is 1.47. The van der Waals surface area contributed by atoms with Crippen LogP contribution in [0.5, 0.6) is 5.75 Å². The fraction of sp³-hybridized carbons (Fsp3) is 0.409. The molecule has 3 heterocycles. The van der Waals surface area contributed by atoms with Crippen LogP contribution in [0.15, 0.2) is 29.1 Å². The van der Waals surface area contributed by atoms with Gasteiger partial charge in [-0.1, -0.05) is 12.1 Å². The quantitative estimate of drug-likeness (QED) is 0.646. The molecule has 10 nitrogen and oxygen atoms in total. The highest BCUT2D eigenvalue weighted by Gasteiger charge is 2.36. The third kappa shape index (κ3) is 4.30. The molecular formula is C22H24FN5O5. The first-order chi connectivity index (χ1) is 15.8. The van der Waals surface area contributed by atoms with E-state index in [1.54, 1.807) is 0 Å². The van der Waals surface area contributed by atoms with Crippen molar-refractivity contribution in [2.45, 2.75) is 38.4 Å². The smallest absolute Gasteiger partial charge is 0.312 e. The van der Waals surface area contributed by atoms with Crippen LogP contribution in [0, 0.1) is 5.82 Å². The highest BCUT2D eigenvalue weighted by molar-refractivity contribution is 6.35. The van der Waals surface area contributed by atoms with Crippen molar-refractivity contribution in [2.75, 3.05) is 20.1 Å². The van der Waals surface area contributed by atoms with Crippen LogP contribution in [0.3, 0.4) is 0 Å². The summed E-state index contributed by atoms with van der Waals surface area (Å²) in [5.41, 5.74) is -0.631. The molecule has 11 heteroatoms. The Kier molecular flexibility index (Phi) is 6.12. The van der Waals surface area contributed by atoms with Gasteiger partial charge in [-0.05, 0) is 37.0 Å². The molecule has 174 valence electrons. The van der Waals surface area contributed by atoms with Gasteiger partial charge in [0, 0.05) is 33.2 Å². The number of benzene rings is 1. The van der Waals surface area contributed by atoms with Gasteiger partial charge in [0.25, 0.3) is 11.5 Å². The predicted octanol–water partition coefficient (Wildman–Crippen LogP) is 0.544. The second-order valence-corrected chi connectivity index (χ2v) is 8.15. The van der Waals surface area contributed by atoms with Gasteiger partial charge in [0.15, 0.2) is 5.69 Å². The molecule has 2 aliphatic rings. The molecule has 0 bridgehead atoms. The Balaban J connectivity index is 1.59. The summed E-state index contributed by atoms with van der Waals surface area (Å²) < 4.78 is 14.3. The normalized spacial score (nSPS) is 17.0. The van der Waals surface area contributed by atoms with Crippen LogP contribution in [0.4, 0.5) is 4.39 Å². The third-order valence-electron chi connectivity index (χ3n) is 6.03. The van der Waals surface area contributed by atoms with Crippen molar-refractivity contribution >= 4 is 17.7 Å². The monoisotopic (exact) mass is 457 g/mol. The van der Waals surface area contributed by atoms with Crippen molar-refractivity contribution in [1.82, 2.24) is 24.7 Å². The van der Waals surface area contributed by atoms with E-state index in [0.717, 1.165) is 6.42 Å². The van der Waals surface area contributed by atoms with Crippen LogP contribution in [0.2, 0.25) is 0 Å². The Hall–Kier alpha value is -3.76. The Bertz CT molecular complexity index is 1160. The van der Waals surface area contributed by atoms with Gasteiger partial charge in [-0.15, -0.1) is 0 Å². The maximum atomic E-state index is 13.1. The molecule has 1 unspecified atom stereocenters. The Morgan fingerprint density at radius 1 is 1.18 bits per heavy atom. The summed E-state index contributed by atoms with van der Waals surface area (Å²) in [5, 5.41) is 12.9. The number of aromatic hydroxyl groups is 1. The molecule has 3 amide bonds. The van der Waals surface area contributed by atoms with Crippen molar-refractivity contribution in [3.63, 3.8) is 0 Å². The Labute approximate surface area is 188 Å². The Morgan fingerprint density at radius 2 is 1.88 bits per heavy atom. The first-order valence-corrected chi connectivity index (χ1v) is 10.7. The van der Waals surface area contributed by atoms with E-state index < -0.39 is 46.6 Å². The van der Waals surface area contributed by atoms with Crippen LogP contribution in [-0.4, -0.2) is 62.3 Å². The second-order valence-electron chi connectivity index (χ2n) is 8.15. The summed E-state index contributed by atoms with van der Waals surface area (Å²) in [5.74, 6) is -3.17. The van der Waals surface area contributed by atoms with Gasteiger partial charge in [0.2, 0.25) is 5.75 Å². The number of hydrogen-bond acceptors (Lipinski definition) is 6. The molecule has 2 aromatic rings. The molecule has 0 radical (unpaired) electrons. The largest absolute Gasteiger partial charge is 0.501 e. The van der Waals surface area contributed by atoms with Gasteiger partial charge in [-0.3, -0.25) is 23.7 Å². The summed E-state index contributed by atoms with van der Waals surface area (Å²) in [6, 6.07) is 4.80. The minimum Gasteiger partial charge on any atom is -0.501 e. The molecule has 1 saturated heterocycles. The van der Waals surface area contributed by atoms with E-state index in [0.29, 0.717) is 31.5 Å². The Morgan fingerprint density at radius 3 is 2.52 bits per heavy atom. The van der Waals surface area contributed by atoms with Gasteiger partial charge in [0.05, 0.1) is 6.04 Å². The highest BCUT2D eigenvalue weighted by atomic mass is 19.1. The molecule has 2 N–H and O–H groups in total. The van der Waals surface area contributed by atoms with Crippen molar-refractivity contribution in [1.29, 1.82) is 0 Å². The molecule has 1 fully saturated rings. The number of carbonyl (C=O) groups excluding carboxylic acids is 3. The van der Waals surface area contributed by atoms with Gasteiger partial charge >= 0.3 is 11.8 Å². The first kappa shape index (κ1) is 22.4. The molecule has 0 spiro atoms. The summed E-state index contributed by atoms with van der Waals surface area (Å²) >= 11 is 0. The van der Waals surface area contributed by atoms with E-state index >= 15 is 0 Å². The van der Waals surface area contributed by atoms with Crippen LogP contribution < -0.4 is 10.9 Å². The van der Waals surface area contributed by atoms with Crippen LogP contribution in [0.1, 0.15) is 47.2 Å². The lowest BCUT2D eigenvalue weighted by atomic mass is 10.0. The maximum Gasteiger partial charge on any atom is 0.312 e. The number of nitrogens with one attached hydrogen (secondary N) is 1. The zero-order valence-corrected chi connectivity index (χ0v) is 18.1. The number of likely N-dealkylation sites (tertiary alicyclic amines) is 1. The molecule has 1 atom stereocenters. The SMILES string of the molecule is CN(C(=O)C(=O)N1CCC1)C1CCCn2c1nc(C(=O)NCc1ccc(F)cc1)c(O)c2=O. The number of amides is 3. The fourth-order valence-electron chi connectivity index (χ4n) is 3.94. The molecule has 4 rings (SSSR count). The van der Waals surface area contributed by atoms with Crippen molar-refractivity contribution in [2.24, 2.45) is 0 Å². The molecular weight excluding hydrogens is 433 g/mol. The molecule has 2 aliphatic heterocycles. The molecule has 1 aromatic carbocycles. The van der Waals surface area contributed by atoms with Gasteiger partial charge in [-0.2, -0.15) is 0 Å². The molecule has 33 heavy (non-hydrogen) atoms. The zero-order valence-electron chi connectivity index (χ0n) is 18.1. The fourth-order valence-corrected chi connectivity index (χ4v) is 3.94. The zero-order chi connectivity index (χ0) is 23.7. The second kappa shape index (κ2) is 9.00. The number of fused-ring (bicyclic) bond motifs is 1. The lowest BCUT2D eigenvalue weighted by Gasteiger charge is -2.35. The number of carbonyl (C=O) groups is 3. The average molecular weight is 457 g/mol. The highest BCUT2D eigenvalue weighted by Crippen LogP contribution is 2.29. The lowest BCUT2D eigenvalue weighted by Crippen LogP contribution is -2.51. The lowest BCUT2D eigenvalue weighted by molar-refractivity contribution is -0.154. The minimum atomic E-state index is -0.790. The summed E-state index contributed by atoms with van der Waals surface area (Å²) in [6.07, 6.45) is 1.83. The number of hydrogen-bond donors (Lipinski definition) is 2. The van der Waals surface area contributed by atoms with E-state index in [1.807, 2.05) is 0 Å². The first-order valence-electron chi connectivity index (χ1n) is 10.7. The predicted molar refractivity (Wildman–Crippen MR) is 114 cm³/mol. The minimum absolute atomic E-state index is 0.0325. The average Bonchev–Trinajstić information content (AvgIpc) is 2.78. The molecule has 0 saturated carbocycles. The number of nitrogens with zero attached hydrogens (tertiary/aromatic N) is 4. The topological polar surface area (TPSA) is 125 Å². The van der Waals surface area contributed by atoms with E-state index in [-0.39, 0.29) is 18.9 Å². The van der Waals surface area contributed by atoms with Crippen molar-refractivity contribution in [3.05, 3.63) is 57.5 Å². The van der Waals surface area contributed by atoms with Gasteiger partial charge in [0.1, 0.15) is 11.6 Å². The van der Waals surface area contributed by atoms with Gasteiger partial charge in [-0.25, -0.2) is 9.37 Å². The van der Waals surface area contributed by atoms with E-state index in [1.165, 1.54) is 45.7 Å². The van der Waals surface area contributed by atoms with E-state index in [9.17, 15) is 28.7 Å². The van der Waals surface area contributed by atoms with Crippen LogP contribution >= 0.6 is 0 Å². The number of likely N-dealkylation sites (N-methyl/N-ethyl adjacent to an activating group) is 1. The third-order valence-corrected chi connectivity index (χ3v) is 6.03. The summed E-state index contributed by atoms with van der Waals surface area (Å²) in [6.45, 7) is 1.36. The van der Waals surface area contributed by atoms with Crippen LogP contribution in [-0.2, 0) is 22.7 Å². The van der Waals surface area contributed by atoms with Crippen molar-refractivity contribution < 1.29 is 23.9 Å². The van der Waals surface area contributed by atoms with E-state index in [2.05, 4.69) is 10.3 Å². The standard InChI is InChI=1S/C22H24FN5O5/c1-26(21(32)22(33)27-9-3-10-27)15-4-2-11-28-18(15)25-16(17(29)20(28)31)19(30)24-12-13-5-7-14(23)8-6-13/h5-8,15,29H,2-4,9-12H2,1H3,(H,24,30). The summed E-state index contributed by atoms with van der Waals surface area (Å²) in [4.78, 5) is 57.5. The molecule has 1 aromatic heterocycles. The number of halogens is 1. The van der Waals surface area contributed by atoms with Crippen LogP contribution in [0.25, 0.3) is 0 Å². The van der Waals surface area contributed by atoms with E-state index in [4.69, 9.17) is 0 Å².